The monoisotopic (exact) mass is 449 g/mol. The molecule has 0 bridgehead atoms. The third kappa shape index (κ3) is 6.23. The standard InChI is InChI=1S/C30H37F2N/c1-21(25-5-3-2-4-6-25)17-23-11-15-27(16-12-23)26-13-9-22(10-14-26)7-8-24-18-29(31)28(20-33)30(32)19-24/h2-6,18-19,21-23,26-27H,7-17H2,1H3/t21-,22?,23?,26?,27?/m1/s1. The number of aryl methyl sites for hydroxylation is 1. The number of nitriles is 1. The molecule has 4 rings (SSSR count). The van der Waals surface area contributed by atoms with Gasteiger partial charge in [-0.25, -0.2) is 8.78 Å². The van der Waals surface area contributed by atoms with E-state index in [-0.39, 0.29) is 0 Å². The van der Waals surface area contributed by atoms with E-state index in [2.05, 4.69) is 37.3 Å². The fourth-order valence-corrected chi connectivity index (χ4v) is 6.51. The fraction of sp³-hybridized carbons (Fsp3) is 0.567. The molecule has 2 saturated carbocycles. The predicted molar refractivity (Wildman–Crippen MR) is 130 cm³/mol. The van der Waals surface area contributed by atoms with Crippen molar-refractivity contribution in [1.82, 2.24) is 0 Å². The first kappa shape index (κ1) is 23.9. The first-order valence-corrected chi connectivity index (χ1v) is 13.0. The molecule has 3 heteroatoms. The minimum Gasteiger partial charge on any atom is -0.205 e. The highest BCUT2D eigenvalue weighted by Crippen LogP contribution is 2.44. The molecule has 2 aromatic rings. The highest BCUT2D eigenvalue weighted by atomic mass is 19.1. The van der Waals surface area contributed by atoms with E-state index in [0.717, 1.165) is 24.2 Å². The van der Waals surface area contributed by atoms with Gasteiger partial charge >= 0.3 is 0 Å². The zero-order valence-electron chi connectivity index (χ0n) is 19.9. The van der Waals surface area contributed by atoms with Crippen molar-refractivity contribution in [1.29, 1.82) is 5.26 Å². The summed E-state index contributed by atoms with van der Waals surface area (Å²) < 4.78 is 27.7. The fourth-order valence-electron chi connectivity index (χ4n) is 6.51. The van der Waals surface area contributed by atoms with Gasteiger partial charge in [0, 0.05) is 0 Å². The van der Waals surface area contributed by atoms with E-state index < -0.39 is 17.2 Å². The molecule has 0 saturated heterocycles. The molecule has 0 N–H and O–H groups in total. The minimum atomic E-state index is -0.732. The Morgan fingerprint density at radius 1 is 0.848 bits per heavy atom. The maximum Gasteiger partial charge on any atom is 0.144 e. The number of benzene rings is 2. The summed E-state index contributed by atoms with van der Waals surface area (Å²) in [6.45, 7) is 2.38. The van der Waals surface area contributed by atoms with E-state index in [1.165, 1.54) is 75.5 Å². The molecule has 2 aliphatic rings. The van der Waals surface area contributed by atoms with Crippen molar-refractivity contribution >= 4 is 0 Å². The molecule has 2 fully saturated rings. The summed E-state index contributed by atoms with van der Waals surface area (Å²) >= 11 is 0. The minimum absolute atomic E-state index is 0.469. The average molecular weight is 450 g/mol. The molecular weight excluding hydrogens is 412 g/mol. The third-order valence-electron chi connectivity index (χ3n) is 8.56. The predicted octanol–water partition coefficient (Wildman–Crippen LogP) is 8.58. The Morgan fingerprint density at radius 3 is 1.94 bits per heavy atom. The molecule has 0 radical (unpaired) electrons. The Morgan fingerprint density at radius 2 is 1.39 bits per heavy atom. The van der Waals surface area contributed by atoms with Crippen LogP contribution in [0.4, 0.5) is 8.78 Å². The quantitative estimate of drug-likeness (QED) is 0.415. The van der Waals surface area contributed by atoms with Gasteiger partial charge in [-0.15, -0.1) is 0 Å². The lowest BCUT2D eigenvalue weighted by Crippen LogP contribution is -2.26. The lowest BCUT2D eigenvalue weighted by atomic mass is 9.67. The van der Waals surface area contributed by atoms with Gasteiger partial charge in [-0.3, -0.25) is 0 Å². The number of hydrogen-bond donors (Lipinski definition) is 0. The Hall–Kier alpha value is -2.21. The molecule has 0 amide bonds. The molecule has 1 atom stereocenters. The van der Waals surface area contributed by atoms with Gasteiger partial charge in [-0.1, -0.05) is 62.9 Å². The summed E-state index contributed by atoms with van der Waals surface area (Å²) in [5.41, 5.74) is 1.68. The van der Waals surface area contributed by atoms with Gasteiger partial charge in [0.1, 0.15) is 23.3 Å². The van der Waals surface area contributed by atoms with Gasteiger partial charge in [0.15, 0.2) is 0 Å². The second kappa shape index (κ2) is 11.3. The van der Waals surface area contributed by atoms with Crippen LogP contribution in [0, 0.1) is 46.6 Å². The van der Waals surface area contributed by atoms with Crippen LogP contribution in [0.5, 0.6) is 0 Å². The summed E-state index contributed by atoms with van der Waals surface area (Å²) in [6.07, 6.45) is 13.7. The van der Waals surface area contributed by atoms with E-state index in [1.54, 1.807) is 6.07 Å². The van der Waals surface area contributed by atoms with Gasteiger partial charge < -0.3 is 0 Å². The Kier molecular flexibility index (Phi) is 8.18. The summed E-state index contributed by atoms with van der Waals surface area (Å²) in [7, 11) is 0. The number of halogens is 2. The van der Waals surface area contributed by atoms with Gasteiger partial charge in [0.25, 0.3) is 0 Å². The number of nitrogens with zero attached hydrogens (tertiary/aromatic N) is 1. The van der Waals surface area contributed by atoms with Crippen LogP contribution >= 0.6 is 0 Å². The van der Waals surface area contributed by atoms with E-state index in [0.29, 0.717) is 23.8 Å². The van der Waals surface area contributed by atoms with Crippen molar-refractivity contribution in [3.8, 4) is 6.07 Å². The summed E-state index contributed by atoms with van der Waals surface area (Å²) in [5.74, 6) is 2.50. The number of hydrogen-bond acceptors (Lipinski definition) is 1. The molecular formula is C30H37F2N. The van der Waals surface area contributed by atoms with Gasteiger partial charge in [-0.2, -0.15) is 5.26 Å². The second-order valence-electron chi connectivity index (χ2n) is 10.7. The zero-order chi connectivity index (χ0) is 23.2. The summed E-state index contributed by atoms with van der Waals surface area (Å²) in [5, 5.41) is 8.83. The maximum absolute atomic E-state index is 13.9. The smallest absolute Gasteiger partial charge is 0.144 e. The van der Waals surface area contributed by atoms with Crippen molar-refractivity contribution in [2.75, 3.05) is 0 Å². The third-order valence-corrected chi connectivity index (χ3v) is 8.56. The Labute approximate surface area is 198 Å². The SMILES string of the molecule is C[C@H](CC1CCC(C2CCC(CCc3cc(F)c(C#N)c(F)c3)CC2)CC1)c1ccccc1. The first-order valence-electron chi connectivity index (χ1n) is 13.0. The lowest BCUT2D eigenvalue weighted by molar-refractivity contribution is 0.139. The van der Waals surface area contributed by atoms with Crippen LogP contribution in [0.1, 0.15) is 93.7 Å². The van der Waals surface area contributed by atoms with Gasteiger partial charge in [0.05, 0.1) is 0 Å². The van der Waals surface area contributed by atoms with E-state index >= 15 is 0 Å². The average Bonchev–Trinajstić information content (AvgIpc) is 2.84. The largest absolute Gasteiger partial charge is 0.205 e. The van der Waals surface area contributed by atoms with Crippen LogP contribution in [0.3, 0.4) is 0 Å². The van der Waals surface area contributed by atoms with Crippen LogP contribution in [0.2, 0.25) is 0 Å². The van der Waals surface area contributed by atoms with Crippen molar-refractivity contribution in [3.05, 3.63) is 70.8 Å². The van der Waals surface area contributed by atoms with Crippen molar-refractivity contribution in [3.63, 3.8) is 0 Å². The lowest BCUT2D eigenvalue weighted by Gasteiger charge is -2.38. The second-order valence-corrected chi connectivity index (χ2v) is 10.7. The van der Waals surface area contributed by atoms with Gasteiger partial charge in [-0.05, 0) is 97.8 Å². The molecule has 0 heterocycles. The molecule has 33 heavy (non-hydrogen) atoms. The zero-order valence-corrected chi connectivity index (χ0v) is 19.9. The van der Waals surface area contributed by atoms with Crippen LogP contribution in [-0.4, -0.2) is 0 Å². The molecule has 0 unspecified atom stereocenters. The van der Waals surface area contributed by atoms with Crippen LogP contribution in [0.15, 0.2) is 42.5 Å². The first-order chi connectivity index (χ1) is 16.0. The molecule has 0 aliphatic heterocycles. The molecule has 176 valence electrons. The van der Waals surface area contributed by atoms with Crippen LogP contribution in [0.25, 0.3) is 0 Å². The Bertz CT molecular complexity index is 909. The van der Waals surface area contributed by atoms with Crippen LogP contribution in [-0.2, 0) is 6.42 Å². The van der Waals surface area contributed by atoms with E-state index in [1.807, 2.05) is 0 Å². The highest BCUT2D eigenvalue weighted by molar-refractivity contribution is 5.35. The van der Waals surface area contributed by atoms with E-state index in [4.69, 9.17) is 5.26 Å². The molecule has 2 aliphatic carbocycles. The van der Waals surface area contributed by atoms with Crippen molar-refractivity contribution < 1.29 is 8.78 Å². The highest BCUT2D eigenvalue weighted by Gasteiger charge is 2.31. The van der Waals surface area contributed by atoms with Gasteiger partial charge in [0.2, 0.25) is 0 Å². The van der Waals surface area contributed by atoms with Crippen LogP contribution < -0.4 is 0 Å². The van der Waals surface area contributed by atoms with Crippen molar-refractivity contribution in [2.24, 2.45) is 23.7 Å². The molecule has 0 aromatic heterocycles. The normalized spacial score (nSPS) is 26.5. The topological polar surface area (TPSA) is 23.8 Å². The maximum atomic E-state index is 13.9. The van der Waals surface area contributed by atoms with Crippen molar-refractivity contribution in [2.45, 2.75) is 83.5 Å². The summed E-state index contributed by atoms with van der Waals surface area (Å²) in [4.78, 5) is 0. The summed E-state index contributed by atoms with van der Waals surface area (Å²) in [6, 6.07) is 15.2. The molecule has 0 spiro atoms. The molecule has 1 nitrogen and oxygen atoms in total. The Balaban J connectivity index is 1.18. The molecule has 2 aromatic carbocycles. The van der Waals surface area contributed by atoms with E-state index in [9.17, 15) is 8.78 Å². The number of rotatable bonds is 7.